The summed E-state index contributed by atoms with van der Waals surface area (Å²) in [7, 11) is 0. The van der Waals surface area contributed by atoms with Crippen molar-refractivity contribution >= 4 is 29.2 Å². The average Bonchev–Trinajstić information content (AvgIpc) is 3.45. The molecule has 0 radical (unpaired) electrons. The van der Waals surface area contributed by atoms with Crippen molar-refractivity contribution in [1.29, 1.82) is 0 Å². The van der Waals surface area contributed by atoms with Crippen molar-refractivity contribution in [3.63, 3.8) is 0 Å². The molecule has 2 aliphatic heterocycles. The van der Waals surface area contributed by atoms with E-state index in [1.54, 1.807) is 11.8 Å². The van der Waals surface area contributed by atoms with Crippen LogP contribution in [0.1, 0.15) is 63.3 Å². The van der Waals surface area contributed by atoms with Crippen LogP contribution in [0.3, 0.4) is 0 Å². The molecule has 5 rings (SSSR count). The number of aromatic nitrogens is 4. The number of anilines is 1. The lowest BCUT2D eigenvalue weighted by Crippen LogP contribution is -2.37. The first-order chi connectivity index (χ1) is 15.5. The summed E-state index contributed by atoms with van der Waals surface area (Å²) in [5.74, 6) is 1.28. The van der Waals surface area contributed by atoms with Crippen LogP contribution in [0.2, 0.25) is 0 Å². The van der Waals surface area contributed by atoms with Crippen LogP contribution in [0.5, 0.6) is 0 Å². The van der Waals surface area contributed by atoms with Gasteiger partial charge in [-0.1, -0.05) is 34.8 Å². The second kappa shape index (κ2) is 8.38. The second-order valence-corrected chi connectivity index (χ2v) is 9.03. The fourth-order valence-electron chi connectivity index (χ4n) is 4.52. The number of hydrogen-bond acceptors (Lipinski definition) is 7. The van der Waals surface area contributed by atoms with Crippen molar-refractivity contribution in [3.05, 3.63) is 63.5 Å². The molecule has 4 heterocycles. The number of nitrogens with zero attached hydrogens (tertiary/aromatic N) is 6. The van der Waals surface area contributed by atoms with E-state index in [4.69, 9.17) is 9.97 Å². The molecule has 1 aromatic carbocycles. The van der Waals surface area contributed by atoms with E-state index in [9.17, 15) is 9.59 Å². The quantitative estimate of drug-likeness (QED) is 0.607. The summed E-state index contributed by atoms with van der Waals surface area (Å²) in [5.41, 5.74) is 3.60. The van der Waals surface area contributed by atoms with E-state index in [2.05, 4.69) is 9.59 Å². The molecule has 0 bridgehead atoms. The Hall–Kier alpha value is -3.20. The van der Waals surface area contributed by atoms with Gasteiger partial charge in [0.25, 0.3) is 5.91 Å². The summed E-state index contributed by atoms with van der Waals surface area (Å²) in [6.45, 7) is 4.89. The van der Waals surface area contributed by atoms with E-state index >= 15 is 0 Å². The average molecular weight is 449 g/mol. The molecule has 1 fully saturated rings. The largest absolute Gasteiger partial charge is 0.328 e. The Morgan fingerprint density at radius 1 is 1.12 bits per heavy atom. The van der Waals surface area contributed by atoms with Crippen LogP contribution in [-0.2, 0) is 17.8 Å². The van der Waals surface area contributed by atoms with Crippen LogP contribution < -0.4 is 4.90 Å². The topological polar surface area (TPSA) is 92.2 Å². The van der Waals surface area contributed by atoms with Crippen LogP contribution >= 0.6 is 11.5 Å². The molecule has 0 N–H and O–H groups in total. The molecule has 2 aliphatic rings. The van der Waals surface area contributed by atoms with Gasteiger partial charge in [0.2, 0.25) is 5.91 Å². The third-order valence-corrected chi connectivity index (χ3v) is 7.01. The first-order valence-corrected chi connectivity index (χ1v) is 11.6. The van der Waals surface area contributed by atoms with Gasteiger partial charge in [-0.25, -0.2) is 9.97 Å². The van der Waals surface area contributed by atoms with Gasteiger partial charge < -0.3 is 4.90 Å². The summed E-state index contributed by atoms with van der Waals surface area (Å²) >= 11 is 1.12. The van der Waals surface area contributed by atoms with E-state index in [0.717, 1.165) is 41.2 Å². The molecule has 0 saturated carbocycles. The number of carbonyl (C=O) groups is 2. The van der Waals surface area contributed by atoms with Crippen LogP contribution in [-0.4, -0.2) is 42.8 Å². The predicted molar refractivity (Wildman–Crippen MR) is 120 cm³/mol. The predicted octanol–water partition coefficient (Wildman–Crippen LogP) is 3.40. The van der Waals surface area contributed by atoms with Crippen LogP contribution in [0.15, 0.2) is 30.3 Å². The van der Waals surface area contributed by atoms with Crippen molar-refractivity contribution < 1.29 is 9.59 Å². The molecule has 9 heteroatoms. The SMILES string of the molecule is Cc1nnsc1C(=O)N1CCC[C@@H]1c1nc(C)c2c(n1)N(Cc1ccccc1)C(=O)CC2. The van der Waals surface area contributed by atoms with Gasteiger partial charge in [-0.15, -0.1) is 5.10 Å². The van der Waals surface area contributed by atoms with Gasteiger partial charge in [0.15, 0.2) is 5.82 Å². The normalized spacial score (nSPS) is 18.2. The number of amides is 2. The Bertz CT molecular complexity index is 1180. The number of aryl methyl sites for hydroxylation is 2. The van der Waals surface area contributed by atoms with Gasteiger partial charge in [0.05, 0.1) is 18.3 Å². The van der Waals surface area contributed by atoms with Crippen molar-refractivity contribution in [1.82, 2.24) is 24.5 Å². The molecule has 164 valence electrons. The van der Waals surface area contributed by atoms with Gasteiger partial charge in [0, 0.05) is 24.2 Å². The second-order valence-electron chi connectivity index (χ2n) is 8.28. The summed E-state index contributed by atoms with van der Waals surface area (Å²) in [6, 6.07) is 9.72. The number of fused-ring (bicyclic) bond motifs is 1. The molecular formula is C23H24N6O2S. The number of benzene rings is 1. The van der Waals surface area contributed by atoms with Gasteiger partial charge in [-0.3, -0.25) is 14.5 Å². The highest BCUT2D eigenvalue weighted by Crippen LogP contribution is 2.36. The number of hydrogen-bond donors (Lipinski definition) is 0. The van der Waals surface area contributed by atoms with Gasteiger partial charge in [0.1, 0.15) is 10.7 Å². The molecule has 2 aromatic heterocycles. The lowest BCUT2D eigenvalue weighted by molar-refractivity contribution is -0.119. The Balaban J connectivity index is 1.51. The molecule has 0 unspecified atom stereocenters. The van der Waals surface area contributed by atoms with E-state index in [1.165, 1.54) is 0 Å². The zero-order valence-electron chi connectivity index (χ0n) is 18.1. The summed E-state index contributed by atoms with van der Waals surface area (Å²) < 4.78 is 3.91. The van der Waals surface area contributed by atoms with Crippen LogP contribution in [0.25, 0.3) is 0 Å². The maximum Gasteiger partial charge on any atom is 0.268 e. The van der Waals surface area contributed by atoms with Gasteiger partial charge in [-0.05, 0) is 50.2 Å². The summed E-state index contributed by atoms with van der Waals surface area (Å²) in [5, 5.41) is 3.98. The standard InChI is InChI=1S/C23H24N6O2S/c1-14-17-10-11-19(30)29(13-16-7-4-3-5-8-16)22(17)25-21(24-14)18-9-6-12-28(18)23(31)20-15(2)26-27-32-20/h3-5,7-8,18H,6,9-13H2,1-2H3/t18-/m1/s1. The zero-order chi connectivity index (χ0) is 22.2. The molecule has 8 nitrogen and oxygen atoms in total. The lowest BCUT2D eigenvalue weighted by Gasteiger charge is -2.31. The maximum atomic E-state index is 13.2. The fourth-order valence-corrected chi connectivity index (χ4v) is 5.13. The zero-order valence-corrected chi connectivity index (χ0v) is 18.9. The van der Waals surface area contributed by atoms with Crippen molar-refractivity contribution in [2.45, 2.75) is 52.1 Å². The molecule has 32 heavy (non-hydrogen) atoms. The third-order valence-electron chi connectivity index (χ3n) is 6.20. The van der Waals surface area contributed by atoms with Crippen molar-refractivity contribution in [3.8, 4) is 0 Å². The minimum absolute atomic E-state index is 0.0658. The van der Waals surface area contributed by atoms with E-state index < -0.39 is 0 Å². The maximum absolute atomic E-state index is 13.2. The minimum Gasteiger partial charge on any atom is -0.328 e. The number of carbonyl (C=O) groups excluding carboxylic acids is 2. The first-order valence-electron chi connectivity index (χ1n) is 10.8. The molecule has 1 atom stereocenters. The smallest absolute Gasteiger partial charge is 0.268 e. The summed E-state index contributed by atoms with van der Waals surface area (Å²) in [6.07, 6.45) is 2.77. The highest BCUT2D eigenvalue weighted by Gasteiger charge is 2.36. The molecule has 0 aliphatic carbocycles. The Morgan fingerprint density at radius 3 is 2.69 bits per heavy atom. The molecular weight excluding hydrogens is 424 g/mol. The lowest BCUT2D eigenvalue weighted by atomic mass is 10.0. The number of likely N-dealkylation sites (tertiary alicyclic amines) is 1. The molecule has 2 amide bonds. The van der Waals surface area contributed by atoms with Crippen molar-refractivity contribution in [2.24, 2.45) is 0 Å². The highest BCUT2D eigenvalue weighted by molar-refractivity contribution is 7.07. The summed E-state index contributed by atoms with van der Waals surface area (Å²) in [4.78, 5) is 39.9. The van der Waals surface area contributed by atoms with Gasteiger partial charge in [-0.2, -0.15) is 0 Å². The van der Waals surface area contributed by atoms with Crippen LogP contribution in [0, 0.1) is 13.8 Å². The molecule has 1 saturated heterocycles. The van der Waals surface area contributed by atoms with Gasteiger partial charge >= 0.3 is 0 Å². The molecule has 3 aromatic rings. The minimum atomic E-state index is -0.219. The van der Waals surface area contributed by atoms with E-state index in [1.807, 2.05) is 42.2 Å². The highest BCUT2D eigenvalue weighted by atomic mass is 32.1. The molecule has 0 spiro atoms. The monoisotopic (exact) mass is 448 g/mol. The Morgan fingerprint density at radius 2 is 1.94 bits per heavy atom. The van der Waals surface area contributed by atoms with E-state index in [-0.39, 0.29) is 17.9 Å². The third kappa shape index (κ3) is 3.66. The van der Waals surface area contributed by atoms with E-state index in [0.29, 0.717) is 48.1 Å². The fraction of sp³-hybridized carbons (Fsp3) is 0.391. The van der Waals surface area contributed by atoms with Crippen LogP contribution in [0.4, 0.5) is 5.82 Å². The Labute approximate surface area is 190 Å². The van der Waals surface area contributed by atoms with Crippen molar-refractivity contribution in [2.75, 3.05) is 11.4 Å². The number of rotatable bonds is 4. The first kappa shape index (κ1) is 20.7. The Kier molecular flexibility index (Phi) is 5.42.